The monoisotopic (exact) mass is 256 g/mol. The van der Waals surface area contributed by atoms with Crippen molar-refractivity contribution in [2.45, 2.75) is 18.3 Å². The number of hydrogen-bond acceptors (Lipinski definition) is 2. The summed E-state index contributed by atoms with van der Waals surface area (Å²) in [7, 11) is 0. The number of hydrogen-bond donors (Lipinski definition) is 0. The zero-order valence-electron chi connectivity index (χ0n) is 8.50. The maximum atomic E-state index is 11.8. The Bertz CT molecular complexity index is 450. The Morgan fingerprint density at radius 3 is 2.62 bits per heavy atom. The summed E-state index contributed by atoms with van der Waals surface area (Å²) in [4.78, 5) is 11.8. The van der Waals surface area contributed by atoms with E-state index in [0.29, 0.717) is 10.0 Å². The lowest BCUT2D eigenvalue weighted by Gasteiger charge is -2.14. The van der Waals surface area contributed by atoms with Crippen LogP contribution in [-0.4, -0.2) is 5.97 Å². The summed E-state index contributed by atoms with van der Waals surface area (Å²) < 4.78 is 4.84. The summed E-state index contributed by atoms with van der Waals surface area (Å²) in [5.74, 6) is -0.299. The quantitative estimate of drug-likeness (QED) is 0.609. The van der Waals surface area contributed by atoms with Crippen LogP contribution in [-0.2, 0) is 14.9 Å². The third-order valence-corrected chi connectivity index (χ3v) is 3.33. The van der Waals surface area contributed by atoms with E-state index in [4.69, 9.17) is 27.9 Å². The highest BCUT2D eigenvalue weighted by Crippen LogP contribution is 2.51. The number of ether oxygens (including phenoxy) is 1. The van der Waals surface area contributed by atoms with Gasteiger partial charge in [0.2, 0.25) is 0 Å². The van der Waals surface area contributed by atoms with Crippen LogP contribution in [0.4, 0.5) is 0 Å². The highest BCUT2D eigenvalue weighted by atomic mass is 35.5. The predicted octanol–water partition coefficient (Wildman–Crippen LogP) is 3.71. The van der Waals surface area contributed by atoms with E-state index in [1.165, 1.54) is 0 Å². The van der Waals surface area contributed by atoms with Gasteiger partial charge in [-0.05, 0) is 30.5 Å². The number of carbonyl (C=O) groups excluding carboxylic acids is 1. The van der Waals surface area contributed by atoms with Crippen LogP contribution in [0, 0.1) is 0 Å². The SMILES string of the molecule is C=COC(=O)C1(c2ccc(Cl)cc2Cl)CC1. The van der Waals surface area contributed by atoms with Crippen LogP contribution in [0.1, 0.15) is 18.4 Å². The van der Waals surface area contributed by atoms with Gasteiger partial charge in [0.15, 0.2) is 0 Å². The molecule has 0 N–H and O–H groups in total. The number of esters is 1. The smallest absolute Gasteiger partial charge is 0.321 e. The van der Waals surface area contributed by atoms with Crippen molar-refractivity contribution >= 4 is 29.2 Å². The number of rotatable bonds is 3. The second-order valence-corrected chi connectivity index (χ2v) is 4.62. The van der Waals surface area contributed by atoms with Gasteiger partial charge in [0.1, 0.15) is 0 Å². The van der Waals surface area contributed by atoms with E-state index in [2.05, 4.69) is 6.58 Å². The highest BCUT2D eigenvalue weighted by molar-refractivity contribution is 6.35. The molecule has 0 radical (unpaired) electrons. The van der Waals surface area contributed by atoms with Crippen LogP contribution in [0.15, 0.2) is 31.0 Å². The molecule has 84 valence electrons. The summed E-state index contributed by atoms with van der Waals surface area (Å²) in [6.45, 7) is 3.38. The largest absolute Gasteiger partial charge is 0.434 e. The predicted molar refractivity (Wildman–Crippen MR) is 63.7 cm³/mol. The van der Waals surface area contributed by atoms with Gasteiger partial charge in [0.05, 0.1) is 11.7 Å². The first-order valence-electron chi connectivity index (χ1n) is 4.88. The average molecular weight is 257 g/mol. The topological polar surface area (TPSA) is 26.3 Å². The summed E-state index contributed by atoms with van der Waals surface area (Å²) >= 11 is 11.9. The van der Waals surface area contributed by atoms with Crippen LogP contribution in [0.3, 0.4) is 0 Å². The average Bonchev–Trinajstić information content (AvgIpc) is 2.99. The second kappa shape index (κ2) is 4.11. The first-order valence-corrected chi connectivity index (χ1v) is 5.63. The van der Waals surface area contributed by atoms with Crippen LogP contribution in [0.2, 0.25) is 10.0 Å². The number of halogens is 2. The van der Waals surface area contributed by atoms with Gasteiger partial charge < -0.3 is 4.74 Å². The van der Waals surface area contributed by atoms with Crippen molar-refractivity contribution in [2.75, 3.05) is 0 Å². The van der Waals surface area contributed by atoms with Crippen molar-refractivity contribution < 1.29 is 9.53 Å². The van der Waals surface area contributed by atoms with E-state index in [1.807, 2.05) is 0 Å². The highest BCUT2D eigenvalue weighted by Gasteiger charge is 2.53. The molecular formula is C12H10Cl2O2. The Balaban J connectivity index is 2.36. The molecule has 1 fully saturated rings. The van der Waals surface area contributed by atoms with Crippen molar-refractivity contribution in [3.63, 3.8) is 0 Å². The van der Waals surface area contributed by atoms with Gasteiger partial charge in [-0.2, -0.15) is 0 Å². The molecule has 0 spiro atoms. The maximum Gasteiger partial charge on any atom is 0.321 e. The third-order valence-electron chi connectivity index (χ3n) is 2.78. The zero-order valence-corrected chi connectivity index (χ0v) is 10.0. The fourth-order valence-electron chi connectivity index (χ4n) is 1.77. The molecule has 0 unspecified atom stereocenters. The van der Waals surface area contributed by atoms with Crippen LogP contribution in [0.25, 0.3) is 0 Å². The fraction of sp³-hybridized carbons (Fsp3) is 0.250. The van der Waals surface area contributed by atoms with Gasteiger partial charge in [-0.15, -0.1) is 0 Å². The van der Waals surface area contributed by atoms with Crippen molar-refractivity contribution in [3.05, 3.63) is 46.6 Å². The number of carbonyl (C=O) groups is 1. The molecule has 1 saturated carbocycles. The molecule has 0 saturated heterocycles. The molecule has 2 nitrogen and oxygen atoms in total. The van der Waals surface area contributed by atoms with Crippen molar-refractivity contribution in [1.82, 2.24) is 0 Å². The van der Waals surface area contributed by atoms with E-state index in [0.717, 1.165) is 24.7 Å². The van der Waals surface area contributed by atoms with Gasteiger partial charge in [-0.3, -0.25) is 4.79 Å². The lowest BCUT2D eigenvalue weighted by molar-refractivity contribution is -0.141. The minimum atomic E-state index is -0.587. The Morgan fingerprint density at radius 2 is 2.12 bits per heavy atom. The van der Waals surface area contributed by atoms with Crippen LogP contribution in [0.5, 0.6) is 0 Å². The van der Waals surface area contributed by atoms with Crippen molar-refractivity contribution in [3.8, 4) is 0 Å². The minimum Gasteiger partial charge on any atom is -0.434 e. The van der Waals surface area contributed by atoms with E-state index in [9.17, 15) is 4.79 Å². The lowest BCUT2D eigenvalue weighted by atomic mass is 9.96. The summed E-state index contributed by atoms with van der Waals surface area (Å²) in [5.41, 5.74) is 0.195. The maximum absolute atomic E-state index is 11.8. The van der Waals surface area contributed by atoms with E-state index < -0.39 is 5.41 Å². The molecule has 1 aliphatic rings. The molecule has 0 bridgehead atoms. The van der Waals surface area contributed by atoms with Crippen LogP contribution >= 0.6 is 23.2 Å². The Kier molecular flexibility index (Phi) is 2.96. The fourth-order valence-corrected chi connectivity index (χ4v) is 2.36. The molecule has 1 aromatic carbocycles. The molecule has 4 heteroatoms. The van der Waals surface area contributed by atoms with Gasteiger partial charge in [-0.1, -0.05) is 35.8 Å². The van der Waals surface area contributed by atoms with Crippen molar-refractivity contribution in [1.29, 1.82) is 0 Å². The zero-order chi connectivity index (χ0) is 11.8. The first kappa shape index (κ1) is 11.5. The molecule has 1 aliphatic carbocycles. The molecule has 2 rings (SSSR count). The minimum absolute atomic E-state index is 0.299. The molecule has 0 atom stereocenters. The lowest BCUT2D eigenvalue weighted by Crippen LogP contribution is -2.21. The van der Waals surface area contributed by atoms with Crippen LogP contribution < -0.4 is 0 Å². The molecule has 0 amide bonds. The van der Waals surface area contributed by atoms with E-state index in [-0.39, 0.29) is 5.97 Å². The number of benzene rings is 1. The summed E-state index contributed by atoms with van der Waals surface area (Å²) in [6, 6.07) is 5.14. The first-order chi connectivity index (χ1) is 7.60. The Hall–Kier alpha value is -0.990. The molecule has 0 aliphatic heterocycles. The third kappa shape index (κ3) is 1.83. The Labute approximate surface area is 104 Å². The van der Waals surface area contributed by atoms with Gasteiger partial charge in [0.25, 0.3) is 0 Å². The van der Waals surface area contributed by atoms with Gasteiger partial charge in [0, 0.05) is 10.0 Å². The van der Waals surface area contributed by atoms with Gasteiger partial charge in [-0.25, -0.2) is 0 Å². The van der Waals surface area contributed by atoms with Crippen molar-refractivity contribution in [2.24, 2.45) is 0 Å². The van der Waals surface area contributed by atoms with E-state index in [1.54, 1.807) is 18.2 Å². The standard InChI is InChI=1S/C12H10Cl2O2/c1-2-16-11(15)12(5-6-12)9-4-3-8(13)7-10(9)14/h2-4,7H,1,5-6H2. The summed E-state index contributed by atoms with van der Waals surface area (Å²) in [6.07, 6.45) is 2.65. The summed E-state index contributed by atoms with van der Waals surface area (Å²) in [5, 5.41) is 1.06. The molecule has 16 heavy (non-hydrogen) atoms. The molecular weight excluding hydrogens is 247 g/mol. The molecule has 1 aromatic rings. The van der Waals surface area contributed by atoms with E-state index >= 15 is 0 Å². The Morgan fingerprint density at radius 1 is 1.44 bits per heavy atom. The second-order valence-electron chi connectivity index (χ2n) is 3.78. The molecule has 0 heterocycles. The molecule has 0 aromatic heterocycles. The van der Waals surface area contributed by atoms with Gasteiger partial charge >= 0.3 is 5.97 Å². The normalized spacial score (nSPS) is 16.6.